The van der Waals surface area contributed by atoms with E-state index in [0.29, 0.717) is 11.8 Å². The lowest BCUT2D eigenvalue weighted by Gasteiger charge is -2.34. The number of carbonyl (C=O) groups is 1. The normalized spacial score (nSPS) is 22.6. The molecule has 3 aromatic rings. The molecule has 0 bridgehead atoms. The largest absolute Gasteiger partial charge is 0.342 e. The number of aromatic nitrogens is 2. The number of rotatable bonds is 3. The van der Waals surface area contributed by atoms with Crippen molar-refractivity contribution in [3.8, 4) is 11.4 Å². The average Bonchev–Trinajstić information content (AvgIpc) is 3.34. The molecule has 2 heterocycles. The van der Waals surface area contributed by atoms with Crippen LogP contribution in [0.2, 0.25) is 0 Å². The highest BCUT2D eigenvalue weighted by Crippen LogP contribution is 2.40. The first-order valence-electron chi connectivity index (χ1n) is 10.1. The Bertz CT molecular complexity index is 1020. The van der Waals surface area contributed by atoms with Crippen molar-refractivity contribution >= 4 is 16.9 Å². The molecule has 2 atom stereocenters. The van der Waals surface area contributed by atoms with E-state index in [9.17, 15) is 9.18 Å². The van der Waals surface area contributed by atoms with Crippen molar-refractivity contribution in [1.82, 2.24) is 14.5 Å². The third-order valence-corrected chi connectivity index (χ3v) is 6.25. The molecule has 0 radical (unpaired) electrons. The van der Waals surface area contributed by atoms with Crippen LogP contribution in [0, 0.1) is 17.7 Å². The lowest BCUT2D eigenvalue weighted by Crippen LogP contribution is -2.40. The fourth-order valence-electron chi connectivity index (χ4n) is 4.47. The van der Waals surface area contributed by atoms with Gasteiger partial charge in [-0.1, -0.05) is 37.3 Å². The molecule has 28 heavy (non-hydrogen) atoms. The monoisotopic (exact) mass is 377 g/mol. The van der Waals surface area contributed by atoms with Crippen LogP contribution >= 0.6 is 0 Å². The van der Waals surface area contributed by atoms with E-state index in [-0.39, 0.29) is 17.8 Å². The van der Waals surface area contributed by atoms with Crippen LogP contribution in [-0.2, 0) is 4.79 Å². The first-order chi connectivity index (χ1) is 13.6. The number of nitrogens with zero attached hydrogens (tertiary/aromatic N) is 3. The summed E-state index contributed by atoms with van der Waals surface area (Å²) in [6.07, 6.45) is 2.77. The highest BCUT2D eigenvalue weighted by molar-refractivity contribution is 5.82. The lowest BCUT2D eigenvalue weighted by atomic mass is 10.0. The molecule has 1 saturated carbocycles. The summed E-state index contributed by atoms with van der Waals surface area (Å²) in [6.45, 7) is 3.67. The van der Waals surface area contributed by atoms with Crippen LogP contribution < -0.4 is 0 Å². The Morgan fingerprint density at radius 1 is 1.11 bits per heavy atom. The van der Waals surface area contributed by atoms with Crippen LogP contribution in [0.5, 0.6) is 0 Å². The molecule has 0 N–H and O–H groups in total. The van der Waals surface area contributed by atoms with E-state index in [1.54, 1.807) is 12.1 Å². The topological polar surface area (TPSA) is 38.1 Å². The standard InChI is InChI=1S/C23H24FN3O/c1-15-13-19(15)23(28)26-11-9-18(10-12-26)27-21-14-17(24)7-8-20(21)25-22(27)16-5-3-2-4-6-16/h2-8,14-15,18-19H,9-13H2,1H3/t15-,19-/m1/s1. The maximum absolute atomic E-state index is 14.0. The zero-order valence-electron chi connectivity index (χ0n) is 16.0. The Balaban J connectivity index is 1.48. The number of hydrogen-bond acceptors (Lipinski definition) is 2. The van der Waals surface area contributed by atoms with E-state index in [2.05, 4.69) is 11.5 Å². The summed E-state index contributed by atoms with van der Waals surface area (Å²) in [4.78, 5) is 19.4. The number of benzene rings is 2. The average molecular weight is 377 g/mol. The lowest BCUT2D eigenvalue weighted by molar-refractivity contribution is -0.134. The smallest absolute Gasteiger partial charge is 0.225 e. The number of halogens is 1. The quantitative estimate of drug-likeness (QED) is 0.666. The molecule has 0 unspecified atom stereocenters. The highest BCUT2D eigenvalue weighted by atomic mass is 19.1. The van der Waals surface area contributed by atoms with Gasteiger partial charge in [-0.05, 0) is 43.4 Å². The number of imidazole rings is 1. The number of amides is 1. The van der Waals surface area contributed by atoms with Gasteiger partial charge in [0.05, 0.1) is 11.0 Å². The number of fused-ring (bicyclic) bond motifs is 1. The van der Waals surface area contributed by atoms with Crippen molar-refractivity contribution in [2.75, 3.05) is 13.1 Å². The number of carbonyl (C=O) groups excluding carboxylic acids is 1. The molecule has 2 fully saturated rings. The minimum absolute atomic E-state index is 0.211. The van der Waals surface area contributed by atoms with E-state index in [1.165, 1.54) is 6.07 Å². The zero-order chi connectivity index (χ0) is 19.3. The van der Waals surface area contributed by atoms with Gasteiger partial charge in [-0.2, -0.15) is 0 Å². The van der Waals surface area contributed by atoms with Crippen LogP contribution in [0.25, 0.3) is 22.4 Å². The second-order valence-electron chi connectivity index (χ2n) is 8.18. The maximum Gasteiger partial charge on any atom is 0.225 e. The van der Waals surface area contributed by atoms with E-state index in [1.807, 2.05) is 35.2 Å². The minimum Gasteiger partial charge on any atom is -0.342 e. The molecule has 4 nitrogen and oxygen atoms in total. The minimum atomic E-state index is -0.247. The van der Waals surface area contributed by atoms with E-state index < -0.39 is 0 Å². The van der Waals surface area contributed by atoms with Crippen molar-refractivity contribution < 1.29 is 9.18 Å². The van der Waals surface area contributed by atoms with Gasteiger partial charge in [0.25, 0.3) is 0 Å². The van der Waals surface area contributed by atoms with Gasteiger partial charge in [-0.25, -0.2) is 9.37 Å². The number of likely N-dealkylation sites (tertiary alicyclic amines) is 1. The predicted octanol–water partition coefficient (Wildman–Crippen LogP) is 4.66. The van der Waals surface area contributed by atoms with Gasteiger partial charge >= 0.3 is 0 Å². The van der Waals surface area contributed by atoms with E-state index in [4.69, 9.17) is 4.98 Å². The molecule has 1 saturated heterocycles. The van der Waals surface area contributed by atoms with Crippen molar-refractivity contribution in [3.05, 3.63) is 54.3 Å². The predicted molar refractivity (Wildman–Crippen MR) is 107 cm³/mol. The summed E-state index contributed by atoms with van der Waals surface area (Å²) in [5.74, 6) is 1.72. The van der Waals surface area contributed by atoms with Gasteiger partial charge in [-0.15, -0.1) is 0 Å². The molecule has 5 heteroatoms. The SMILES string of the molecule is C[C@@H]1C[C@H]1C(=O)N1CCC(n2c(-c3ccccc3)nc3ccc(F)cc32)CC1. The molecule has 1 aliphatic heterocycles. The van der Waals surface area contributed by atoms with E-state index in [0.717, 1.165) is 54.8 Å². The molecule has 2 aromatic carbocycles. The Kier molecular flexibility index (Phi) is 4.18. The Morgan fingerprint density at radius 3 is 2.50 bits per heavy atom. The van der Waals surface area contributed by atoms with Crippen molar-refractivity contribution in [2.45, 2.75) is 32.2 Å². The van der Waals surface area contributed by atoms with Gasteiger partial charge in [0.15, 0.2) is 0 Å². The van der Waals surface area contributed by atoms with Gasteiger partial charge in [0, 0.05) is 30.6 Å². The van der Waals surface area contributed by atoms with Gasteiger partial charge in [0.2, 0.25) is 5.91 Å². The summed E-state index contributed by atoms with van der Waals surface area (Å²) in [6, 6.07) is 15.1. The van der Waals surface area contributed by atoms with Crippen LogP contribution in [0.15, 0.2) is 48.5 Å². The Morgan fingerprint density at radius 2 is 1.82 bits per heavy atom. The maximum atomic E-state index is 14.0. The first kappa shape index (κ1) is 17.4. The fraction of sp³-hybridized carbons (Fsp3) is 0.391. The van der Waals surface area contributed by atoms with Crippen LogP contribution in [0.3, 0.4) is 0 Å². The van der Waals surface area contributed by atoms with Crippen LogP contribution in [0.4, 0.5) is 4.39 Å². The molecule has 144 valence electrons. The second-order valence-corrected chi connectivity index (χ2v) is 8.18. The summed E-state index contributed by atoms with van der Waals surface area (Å²) in [5, 5.41) is 0. The fourth-order valence-corrected chi connectivity index (χ4v) is 4.47. The molecule has 2 aliphatic rings. The number of piperidine rings is 1. The third kappa shape index (κ3) is 2.99. The van der Waals surface area contributed by atoms with Gasteiger partial charge in [-0.3, -0.25) is 4.79 Å². The third-order valence-electron chi connectivity index (χ3n) is 6.25. The first-order valence-corrected chi connectivity index (χ1v) is 10.1. The molecule has 5 rings (SSSR count). The van der Waals surface area contributed by atoms with Gasteiger partial charge in [0.1, 0.15) is 11.6 Å². The van der Waals surface area contributed by atoms with E-state index >= 15 is 0 Å². The van der Waals surface area contributed by atoms with Gasteiger partial charge < -0.3 is 9.47 Å². The summed E-state index contributed by atoms with van der Waals surface area (Å²) in [5.41, 5.74) is 2.68. The molecule has 1 aromatic heterocycles. The zero-order valence-corrected chi connectivity index (χ0v) is 16.0. The van der Waals surface area contributed by atoms with Crippen LogP contribution in [0.1, 0.15) is 32.2 Å². The molecule has 1 aliphatic carbocycles. The van der Waals surface area contributed by atoms with Crippen molar-refractivity contribution in [2.24, 2.45) is 11.8 Å². The van der Waals surface area contributed by atoms with Crippen molar-refractivity contribution in [1.29, 1.82) is 0 Å². The molecule has 0 spiro atoms. The molecular weight excluding hydrogens is 353 g/mol. The molecular formula is C23H24FN3O. The summed E-state index contributed by atoms with van der Waals surface area (Å²) >= 11 is 0. The van der Waals surface area contributed by atoms with Crippen LogP contribution in [-0.4, -0.2) is 33.4 Å². The summed E-state index contributed by atoms with van der Waals surface area (Å²) in [7, 11) is 0. The highest BCUT2D eigenvalue weighted by Gasteiger charge is 2.42. The Hall–Kier alpha value is -2.69. The Labute approximate surface area is 164 Å². The second kappa shape index (κ2) is 6.73. The molecule has 1 amide bonds. The van der Waals surface area contributed by atoms with Crippen molar-refractivity contribution in [3.63, 3.8) is 0 Å². The summed E-state index contributed by atoms with van der Waals surface area (Å²) < 4.78 is 16.2. The number of hydrogen-bond donors (Lipinski definition) is 0.